The standard InChI is InChI=1S/C22H24N8O/c1-22(2,3)30-18-7-4-12(13-10-26-21(24)27-11-13)8-17(18)28-19(30)16-9-14(23)5-6-15(16)20(31)29-25/h4-11H,23,25H2,1-3H3,(H,29,31)(H2,24,26,27). The van der Waals surface area contributed by atoms with E-state index in [1.54, 1.807) is 30.6 Å². The lowest BCUT2D eigenvalue weighted by Crippen LogP contribution is -2.31. The van der Waals surface area contributed by atoms with Gasteiger partial charge in [-0.15, -0.1) is 0 Å². The van der Waals surface area contributed by atoms with Crippen LogP contribution in [0, 0.1) is 0 Å². The van der Waals surface area contributed by atoms with E-state index < -0.39 is 5.91 Å². The predicted molar refractivity (Wildman–Crippen MR) is 122 cm³/mol. The second-order valence-electron chi connectivity index (χ2n) is 8.25. The first-order valence-electron chi connectivity index (χ1n) is 9.71. The van der Waals surface area contributed by atoms with E-state index in [1.807, 2.05) is 18.2 Å². The zero-order chi connectivity index (χ0) is 22.3. The number of benzene rings is 2. The quantitative estimate of drug-likeness (QED) is 0.173. The van der Waals surface area contributed by atoms with Crippen molar-refractivity contribution < 1.29 is 4.79 Å². The Hall–Kier alpha value is -3.98. The minimum atomic E-state index is -0.415. The van der Waals surface area contributed by atoms with Gasteiger partial charge in [0.2, 0.25) is 5.95 Å². The van der Waals surface area contributed by atoms with Gasteiger partial charge in [-0.3, -0.25) is 10.2 Å². The number of nitrogens with two attached hydrogens (primary N) is 3. The van der Waals surface area contributed by atoms with Crippen molar-refractivity contribution in [2.75, 3.05) is 11.5 Å². The Kier molecular flexibility index (Phi) is 4.82. The highest BCUT2D eigenvalue weighted by Crippen LogP contribution is 2.35. The summed E-state index contributed by atoms with van der Waals surface area (Å²) in [6.07, 6.45) is 3.35. The van der Waals surface area contributed by atoms with E-state index in [2.05, 4.69) is 40.7 Å². The van der Waals surface area contributed by atoms with Crippen LogP contribution in [0.25, 0.3) is 33.5 Å². The fraction of sp³-hybridized carbons (Fsp3) is 0.182. The van der Waals surface area contributed by atoms with Gasteiger partial charge in [0.05, 0.1) is 16.6 Å². The summed E-state index contributed by atoms with van der Waals surface area (Å²) in [5.74, 6) is 5.83. The zero-order valence-corrected chi connectivity index (χ0v) is 17.5. The van der Waals surface area contributed by atoms with Crippen molar-refractivity contribution >= 4 is 28.6 Å². The first-order valence-corrected chi connectivity index (χ1v) is 9.71. The molecular weight excluding hydrogens is 392 g/mol. The molecule has 4 rings (SSSR count). The molecule has 2 aromatic heterocycles. The molecule has 2 aromatic carbocycles. The smallest absolute Gasteiger partial charge is 0.265 e. The molecule has 0 atom stereocenters. The maximum Gasteiger partial charge on any atom is 0.265 e. The van der Waals surface area contributed by atoms with Crippen LogP contribution in [0.15, 0.2) is 48.8 Å². The van der Waals surface area contributed by atoms with Gasteiger partial charge in [-0.1, -0.05) is 6.07 Å². The lowest BCUT2D eigenvalue weighted by atomic mass is 10.0. The third-order valence-corrected chi connectivity index (χ3v) is 4.99. The van der Waals surface area contributed by atoms with Crippen LogP contribution in [0.4, 0.5) is 11.6 Å². The number of imidazole rings is 1. The van der Waals surface area contributed by atoms with E-state index in [1.165, 1.54) is 0 Å². The van der Waals surface area contributed by atoms with Crippen molar-refractivity contribution in [3.63, 3.8) is 0 Å². The highest BCUT2D eigenvalue weighted by atomic mass is 16.2. The molecule has 0 spiro atoms. The first kappa shape index (κ1) is 20.3. The number of hydrazine groups is 1. The first-order chi connectivity index (χ1) is 14.7. The van der Waals surface area contributed by atoms with Crippen LogP contribution < -0.4 is 22.7 Å². The topological polar surface area (TPSA) is 151 Å². The molecule has 0 aliphatic carbocycles. The highest BCUT2D eigenvalue weighted by Gasteiger charge is 2.25. The molecule has 0 saturated carbocycles. The SMILES string of the molecule is CC(C)(C)n1c(-c2cc(N)ccc2C(=O)NN)nc2cc(-c3cnc(N)nc3)ccc21. The Morgan fingerprint density at radius 1 is 1.00 bits per heavy atom. The molecule has 9 heteroatoms. The lowest BCUT2D eigenvalue weighted by Gasteiger charge is -2.25. The van der Waals surface area contributed by atoms with Crippen LogP contribution in [0.1, 0.15) is 31.1 Å². The number of hydrogen-bond donors (Lipinski definition) is 4. The normalized spacial score (nSPS) is 11.6. The van der Waals surface area contributed by atoms with Crippen molar-refractivity contribution in [3.05, 3.63) is 54.4 Å². The van der Waals surface area contributed by atoms with E-state index in [-0.39, 0.29) is 11.5 Å². The van der Waals surface area contributed by atoms with Gasteiger partial charge in [-0.2, -0.15) is 0 Å². The molecule has 0 saturated heterocycles. The summed E-state index contributed by atoms with van der Waals surface area (Å²) in [5.41, 5.74) is 18.5. The Labute approximate surface area is 179 Å². The molecule has 0 aliphatic heterocycles. The molecule has 2 heterocycles. The summed E-state index contributed by atoms with van der Waals surface area (Å²) >= 11 is 0. The van der Waals surface area contributed by atoms with Crippen molar-refractivity contribution in [1.29, 1.82) is 0 Å². The fourth-order valence-electron chi connectivity index (χ4n) is 3.63. The van der Waals surface area contributed by atoms with E-state index in [9.17, 15) is 4.79 Å². The lowest BCUT2D eigenvalue weighted by molar-refractivity contribution is 0.0954. The van der Waals surface area contributed by atoms with Crippen LogP contribution in [0.5, 0.6) is 0 Å². The van der Waals surface area contributed by atoms with Crippen LogP contribution in [0.2, 0.25) is 0 Å². The van der Waals surface area contributed by atoms with Gasteiger partial charge in [0.25, 0.3) is 5.91 Å². The van der Waals surface area contributed by atoms with E-state index in [4.69, 9.17) is 22.3 Å². The van der Waals surface area contributed by atoms with Gasteiger partial charge < -0.3 is 16.0 Å². The van der Waals surface area contributed by atoms with Gasteiger partial charge in [-0.05, 0) is 56.7 Å². The van der Waals surface area contributed by atoms with E-state index in [0.29, 0.717) is 22.6 Å². The number of carbonyl (C=O) groups excluding carboxylic acids is 1. The third-order valence-electron chi connectivity index (χ3n) is 4.99. The number of nitrogen functional groups attached to an aromatic ring is 3. The Bertz CT molecular complexity index is 1290. The molecule has 158 valence electrons. The summed E-state index contributed by atoms with van der Waals surface area (Å²) in [6, 6.07) is 11.0. The van der Waals surface area contributed by atoms with Gasteiger partial charge >= 0.3 is 0 Å². The van der Waals surface area contributed by atoms with Gasteiger partial charge in [-0.25, -0.2) is 20.8 Å². The number of rotatable bonds is 3. The third kappa shape index (κ3) is 3.66. The summed E-state index contributed by atoms with van der Waals surface area (Å²) in [5, 5.41) is 0. The number of nitrogens with one attached hydrogen (secondary N) is 1. The molecule has 0 aliphatic rings. The Morgan fingerprint density at radius 3 is 2.35 bits per heavy atom. The molecule has 9 nitrogen and oxygen atoms in total. The van der Waals surface area contributed by atoms with Gasteiger partial charge in [0.1, 0.15) is 5.82 Å². The molecule has 1 amide bonds. The monoisotopic (exact) mass is 416 g/mol. The maximum absolute atomic E-state index is 12.4. The van der Waals surface area contributed by atoms with Gasteiger partial charge in [0, 0.05) is 34.7 Å². The summed E-state index contributed by atoms with van der Waals surface area (Å²) in [4.78, 5) is 25.4. The number of aromatic nitrogens is 4. The number of amides is 1. The maximum atomic E-state index is 12.4. The van der Waals surface area contributed by atoms with Gasteiger partial charge in [0.15, 0.2) is 0 Å². The van der Waals surface area contributed by atoms with Crippen molar-refractivity contribution in [2.24, 2.45) is 5.84 Å². The molecule has 7 N–H and O–H groups in total. The van der Waals surface area contributed by atoms with E-state index in [0.717, 1.165) is 22.2 Å². The highest BCUT2D eigenvalue weighted by molar-refractivity contribution is 6.01. The number of anilines is 2. The predicted octanol–water partition coefficient (Wildman–Crippen LogP) is 2.68. The average Bonchev–Trinajstić information content (AvgIpc) is 3.12. The largest absolute Gasteiger partial charge is 0.399 e. The molecule has 4 aromatic rings. The fourth-order valence-corrected chi connectivity index (χ4v) is 3.63. The Morgan fingerprint density at radius 2 is 1.71 bits per heavy atom. The second kappa shape index (κ2) is 7.37. The summed E-state index contributed by atoms with van der Waals surface area (Å²) in [7, 11) is 0. The molecule has 0 bridgehead atoms. The molecule has 0 fully saturated rings. The Balaban J connectivity index is 1.99. The minimum Gasteiger partial charge on any atom is -0.399 e. The van der Waals surface area contributed by atoms with Crippen molar-refractivity contribution in [2.45, 2.75) is 26.3 Å². The second-order valence-corrected chi connectivity index (χ2v) is 8.25. The minimum absolute atomic E-state index is 0.219. The van der Waals surface area contributed by atoms with Crippen molar-refractivity contribution in [3.8, 4) is 22.5 Å². The average molecular weight is 416 g/mol. The number of hydrogen-bond acceptors (Lipinski definition) is 7. The number of nitrogens with zero attached hydrogens (tertiary/aromatic N) is 4. The summed E-state index contributed by atoms with van der Waals surface area (Å²) < 4.78 is 2.09. The number of fused-ring (bicyclic) bond motifs is 1. The van der Waals surface area contributed by atoms with Crippen LogP contribution in [-0.4, -0.2) is 25.4 Å². The number of carbonyl (C=O) groups is 1. The van der Waals surface area contributed by atoms with E-state index >= 15 is 0 Å². The zero-order valence-electron chi connectivity index (χ0n) is 17.5. The van der Waals surface area contributed by atoms with Crippen LogP contribution in [0.3, 0.4) is 0 Å². The van der Waals surface area contributed by atoms with Crippen LogP contribution in [-0.2, 0) is 5.54 Å². The van der Waals surface area contributed by atoms with Crippen LogP contribution >= 0.6 is 0 Å². The molecule has 0 unspecified atom stereocenters. The molecular formula is C22H24N8O. The van der Waals surface area contributed by atoms with Crippen molar-refractivity contribution in [1.82, 2.24) is 24.9 Å². The molecule has 0 radical (unpaired) electrons. The molecule has 31 heavy (non-hydrogen) atoms. The summed E-state index contributed by atoms with van der Waals surface area (Å²) in [6.45, 7) is 6.23.